The summed E-state index contributed by atoms with van der Waals surface area (Å²) < 4.78 is 64.7. The monoisotopic (exact) mass is 561 g/mol. The number of halogens is 4. The van der Waals surface area contributed by atoms with E-state index in [1.165, 1.54) is 0 Å². The minimum Gasteiger partial charge on any atom is -0.324 e. The molecule has 0 aliphatic rings. The van der Waals surface area contributed by atoms with Crippen LogP contribution in [0.5, 0.6) is 0 Å². The van der Waals surface area contributed by atoms with Crippen molar-refractivity contribution < 1.29 is 26.4 Å². The fourth-order valence-corrected chi connectivity index (χ4v) is 5.14. The molecule has 1 heterocycles. The standard InChI is InChI=1S/C20H15BrF3N3O4S2/c1-11-5-6-15(14(21)7-11)26-17(28)10-32-19-25-9-16(18(29)27-19)33(30,31)13-4-2-3-12(8-13)20(22,23)24/h2-9H,10H2,1H3,(H,26,28)(H,25,27,29). The van der Waals surface area contributed by atoms with Gasteiger partial charge in [0.25, 0.3) is 5.56 Å². The van der Waals surface area contributed by atoms with Crippen molar-refractivity contribution in [3.05, 3.63) is 74.6 Å². The van der Waals surface area contributed by atoms with Crippen LogP contribution in [0.15, 0.2) is 72.9 Å². The van der Waals surface area contributed by atoms with Crippen LogP contribution in [0.3, 0.4) is 0 Å². The van der Waals surface area contributed by atoms with Gasteiger partial charge in [0, 0.05) is 4.47 Å². The highest BCUT2D eigenvalue weighted by Gasteiger charge is 2.32. The summed E-state index contributed by atoms with van der Waals surface area (Å²) in [6.07, 6.45) is -3.99. The van der Waals surface area contributed by atoms with Crippen LogP contribution in [-0.4, -0.2) is 30.0 Å². The van der Waals surface area contributed by atoms with Crippen molar-refractivity contribution in [2.75, 3.05) is 11.1 Å². The maximum Gasteiger partial charge on any atom is 0.416 e. The van der Waals surface area contributed by atoms with Gasteiger partial charge in [0.15, 0.2) is 10.1 Å². The number of aromatic amines is 1. The molecule has 2 N–H and O–H groups in total. The van der Waals surface area contributed by atoms with Gasteiger partial charge >= 0.3 is 6.18 Å². The SMILES string of the molecule is Cc1ccc(NC(=O)CSc2ncc(S(=O)(=O)c3cccc(C(F)(F)F)c3)c(=O)[nH]2)c(Br)c1. The predicted octanol–water partition coefficient (Wildman–Crippen LogP) is 4.42. The molecular weight excluding hydrogens is 547 g/mol. The molecule has 0 atom stereocenters. The molecule has 174 valence electrons. The first-order valence-corrected chi connectivity index (χ1v) is 12.3. The molecule has 0 fully saturated rings. The molecule has 0 bridgehead atoms. The van der Waals surface area contributed by atoms with Gasteiger partial charge in [-0.2, -0.15) is 13.2 Å². The topological polar surface area (TPSA) is 109 Å². The number of sulfone groups is 1. The summed E-state index contributed by atoms with van der Waals surface area (Å²) in [7, 11) is -4.55. The number of carbonyl (C=O) groups is 1. The number of benzene rings is 2. The number of hydrogen-bond donors (Lipinski definition) is 2. The number of aryl methyl sites for hydroxylation is 1. The average molecular weight is 562 g/mol. The molecule has 7 nitrogen and oxygen atoms in total. The average Bonchev–Trinajstić information content (AvgIpc) is 2.73. The van der Waals surface area contributed by atoms with Crippen LogP contribution < -0.4 is 10.9 Å². The molecule has 0 radical (unpaired) electrons. The zero-order valence-corrected chi connectivity index (χ0v) is 20.0. The van der Waals surface area contributed by atoms with Gasteiger partial charge in [-0.15, -0.1) is 0 Å². The van der Waals surface area contributed by atoms with E-state index in [0.717, 1.165) is 41.7 Å². The highest BCUT2D eigenvalue weighted by molar-refractivity contribution is 9.10. The molecule has 1 aromatic heterocycles. The second-order valence-corrected chi connectivity index (χ2v) is 10.5. The van der Waals surface area contributed by atoms with Crippen LogP contribution in [0, 0.1) is 6.92 Å². The summed E-state index contributed by atoms with van der Waals surface area (Å²) in [5, 5.41) is 2.66. The lowest BCUT2D eigenvalue weighted by atomic mass is 10.2. The Bertz CT molecular complexity index is 1380. The molecule has 2 aromatic carbocycles. The number of rotatable bonds is 6. The number of amides is 1. The smallest absolute Gasteiger partial charge is 0.324 e. The van der Waals surface area contributed by atoms with Gasteiger partial charge in [-0.25, -0.2) is 13.4 Å². The first kappa shape index (κ1) is 25.0. The lowest BCUT2D eigenvalue weighted by Gasteiger charge is -2.09. The van der Waals surface area contributed by atoms with Crippen LogP contribution in [-0.2, 0) is 20.8 Å². The molecule has 33 heavy (non-hydrogen) atoms. The second kappa shape index (κ2) is 9.69. The number of anilines is 1. The zero-order valence-electron chi connectivity index (χ0n) is 16.7. The Hall–Kier alpha value is -2.64. The van der Waals surface area contributed by atoms with Crippen molar-refractivity contribution in [1.29, 1.82) is 0 Å². The molecule has 0 unspecified atom stereocenters. The van der Waals surface area contributed by atoms with E-state index >= 15 is 0 Å². The number of nitrogens with zero attached hydrogens (tertiary/aromatic N) is 1. The van der Waals surface area contributed by atoms with E-state index in [1.54, 1.807) is 6.07 Å². The minimum absolute atomic E-state index is 0.0267. The Kier molecular flexibility index (Phi) is 7.34. The van der Waals surface area contributed by atoms with Gasteiger partial charge in [0.1, 0.15) is 0 Å². The third-order valence-corrected chi connectivity index (χ3v) is 7.53. The molecule has 0 saturated heterocycles. The summed E-state index contributed by atoms with van der Waals surface area (Å²) in [5.41, 5.74) is -0.677. The molecule has 0 aliphatic carbocycles. The van der Waals surface area contributed by atoms with Crippen LogP contribution in [0.2, 0.25) is 0 Å². The largest absolute Gasteiger partial charge is 0.416 e. The summed E-state index contributed by atoms with van der Waals surface area (Å²) in [6.45, 7) is 1.89. The highest BCUT2D eigenvalue weighted by Crippen LogP contribution is 2.31. The number of aromatic nitrogens is 2. The van der Waals surface area contributed by atoms with Crippen LogP contribution in [0.1, 0.15) is 11.1 Å². The van der Waals surface area contributed by atoms with E-state index in [4.69, 9.17) is 0 Å². The van der Waals surface area contributed by atoms with Gasteiger partial charge in [-0.05, 0) is 58.7 Å². The van der Waals surface area contributed by atoms with Crippen LogP contribution in [0.25, 0.3) is 0 Å². The molecular formula is C20H15BrF3N3O4S2. The number of H-pyrrole nitrogens is 1. The molecule has 3 aromatic rings. The summed E-state index contributed by atoms with van der Waals surface area (Å²) >= 11 is 4.20. The van der Waals surface area contributed by atoms with E-state index in [-0.39, 0.29) is 10.9 Å². The van der Waals surface area contributed by atoms with E-state index in [9.17, 15) is 31.2 Å². The third kappa shape index (κ3) is 6.03. The fourth-order valence-electron chi connectivity index (χ4n) is 2.64. The van der Waals surface area contributed by atoms with Crippen molar-refractivity contribution in [1.82, 2.24) is 9.97 Å². The lowest BCUT2D eigenvalue weighted by Crippen LogP contribution is -2.20. The Labute approximate surface area is 198 Å². The third-order valence-electron chi connectivity index (χ3n) is 4.24. The minimum atomic E-state index is -4.74. The van der Waals surface area contributed by atoms with Gasteiger partial charge in [-0.1, -0.05) is 23.9 Å². The number of alkyl halides is 3. The molecule has 0 spiro atoms. The molecule has 3 rings (SSSR count). The van der Waals surface area contributed by atoms with Crippen LogP contribution >= 0.6 is 27.7 Å². The van der Waals surface area contributed by atoms with Crippen molar-refractivity contribution in [2.45, 2.75) is 28.0 Å². The number of hydrogen-bond acceptors (Lipinski definition) is 6. The number of carbonyl (C=O) groups excluding carboxylic acids is 1. The maximum absolute atomic E-state index is 12.9. The molecule has 13 heteroatoms. The fraction of sp³-hybridized carbons (Fsp3) is 0.150. The van der Waals surface area contributed by atoms with Gasteiger partial charge in [0.05, 0.1) is 28.1 Å². The maximum atomic E-state index is 12.9. The first-order chi connectivity index (χ1) is 15.4. The van der Waals surface area contributed by atoms with E-state index in [1.807, 2.05) is 19.1 Å². The zero-order chi connectivity index (χ0) is 24.4. The Morgan fingerprint density at radius 2 is 1.94 bits per heavy atom. The Morgan fingerprint density at radius 3 is 2.58 bits per heavy atom. The number of thioether (sulfide) groups is 1. The van der Waals surface area contributed by atoms with Crippen molar-refractivity contribution in [3.8, 4) is 0 Å². The van der Waals surface area contributed by atoms with Crippen LogP contribution in [0.4, 0.5) is 18.9 Å². The number of nitrogens with one attached hydrogen (secondary N) is 2. The normalized spacial score (nSPS) is 11.9. The van der Waals surface area contributed by atoms with E-state index < -0.39 is 42.8 Å². The first-order valence-electron chi connectivity index (χ1n) is 9.08. The summed E-state index contributed by atoms with van der Waals surface area (Å²) in [5.74, 6) is -0.531. The Morgan fingerprint density at radius 1 is 1.21 bits per heavy atom. The van der Waals surface area contributed by atoms with Crippen molar-refractivity contribution in [3.63, 3.8) is 0 Å². The summed E-state index contributed by atoms with van der Waals surface area (Å²) in [4.78, 5) is 29.1. The van der Waals surface area contributed by atoms with Gasteiger partial charge < -0.3 is 10.3 Å². The van der Waals surface area contributed by atoms with Gasteiger partial charge in [0.2, 0.25) is 15.7 Å². The Balaban J connectivity index is 1.74. The van der Waals surface area contributed by atoms with Gasteiger partial charge in [-0.3, -0.25) is 9.59 Å². The molecule has 1 amide bonds. The van der Waals surface area contributed by atoms with Crippen molar-refractivity contribution in [2.24, 2.45) is 0 Å². The molecule has 0 saturated carbocycles. The predicted molar refractivity (Wildman–Crippen MR) is 120 cm³/mol. The highest BCUT2D eigenvalue weighted by atomic mass is 79.9. The quantitative estimate of drug-likeness (QED) is 0.340. The summed E-state index contributed by atoms with van der Waals surface area (Å²) in [6, 6.07) is 8.43. The second-order valence-electron chi connectivity index (χ2n) is 6.73. The lowest BCUT2D eigenvalue weighted by molar-refractivity contribution is -0.137. The van der Waals surface area contributed by atoms with E-state index in [0.29, 0.717) is 16.2 Å². The molecule has 0 aliphatic heterocycles. The van der Waals surface area contributed by atoms with E-state index in [2.05, 4.69) is 31.2 Å². The van der Waals surface area contributed by atoms with Crippen molar-refractivity contribution >= 4 is 49.1 Å².